The largest absolute Gasteiger partial charge is 0.353 e. The van der Waals surface area contributed by atoms with Gasteiger partial charge in [-0.15, -0.1) is 0 Å². The maximum absolute atomic E-state index is 13.9. The lowest BCUT2D eigenvalue weighted by molar-refractivity contribution is 0.586. The van der Waals surface area contributed by atoms with Crippen LogP contribution < -0.4 is 0 Å². The molecule has 0 aliphatic heterocycles. The van der Waals surface area contributed by atoms with E-state index in [-0.39, 0.29) is 0 Å². The van der Waals surface area contributed by atoms with Crippen molar-refractivity contribution in [2.45, 2.75) is 30.5 Å². The Hall–Kier alpha value is -3.31. The third kappa shape index (κ3) is 3.16. The highest BCUT2D eigenvalue weighted by Gasteiger charge is 2.33. The molecule has 0 aliphatic rings. The molecule has 0 saturated heterocycles. The highest BCUT2D eigenvalue weighted by Crippen LogP contribution is 2.38. The molecule has 1 atom stereocenters. The van der Waals surface area contributed by atoms with Gasteiger partial charge in [0.25, 0.3) is 0 Å². The van der Waals surface area contributed by atoms with Crippen LogP contribution in [0.15, 0.2) is 90.0 Å². The molecule has 0 spiro atoms. The molecule has 1 unspecified atom stereocenters. The van der Waals surface area contributed by atoms with Crippen molar-refractivity contribution in [3.05, 3.63) is 102 Å². The molecular weight excluding hydrogens is 416 g/mol. The first-order valence-corrected chi connectivity index (χ1v) is 12.4. The zero-order valence-electron chi connectivity index (χ0n) is 18.5. The van der Waals surface area contributed by atoms with Crippen LogP contribution >= 0.6 is 0 Å². The minimum absolute atomic E-state index is 0.338. The lowest BCUT2D eigenvalue weighted by atomic mass is 10.0. The molecule has 4 nitrogen and oxygen atoms in total. The van der Waals surface area contributed by atoms with E-state index in [1.165, 1.54) is 5.52 Å². The molecule has 5 rings (SSSR count). The van der Waals surface area contributed by atoms with Gasteiger partial charge >= 0.3 is 0 Å². The lowest BCUT2D eigenvalue weighted by Gasteiger charge is -2.20. The Bertz CT molecular complexity index is 1540. The van der Waals surface area contributed by atoms with Crippen molar-refractivity contribution in [2.75, 3.05) is 0 Å². The summed E-state index contributed by atoms with van der Waals surface area (Å²) >= 11 is 0. The molecule has 0 bridgehead atoms. The van der Waals surface area contributed by atoms with E-state index in [2.05, 4.69) is 35.8 Å². The van der Waals surface area contributed by atoms with Crippen molar-refractivity contribution >= 4 is 31.6 Å². The Morgan fingerprint density at radius 1 is 0.844 bits per heavy atom. The molecular formula is C27H26N2O2S. The van der Waals surface area contributed by atoms with Gasteiger partial charge in [0.05, 0.1) is 4.90 Å². The van der Waals surface area contributed by atoms with Crippen LogP contribution in [0.4, 0.5) is 0 Å². The van der Waals surface area contributed by atoms with Gasteiger partial charge in [-0.2, -0.15) is 0 Å². The van der Waals surface area contributed by atoms with E-state index < -0.39 is 15.1 Å². The van der Waals surface area contributed by atoms with E-state index in [0.717, 1.165) is 39.7 Å². The van der Waals surface area contributed by atoms with Crippen molar-refractivity contribution in [3.8, 4) is 0 Å². The van der Waals surface area contributed by atoms with E-state index in [1.807, 2.05) is 67.2 Å². The number of fused-ring (bicyclic) bond motifs is 3. The van der Waals surface area contributed by atoms with Gasteiger partial charge in [-0.1, -0.05) is 42.0 Å². The molecule has 0 fully saturated rings. The first kappa shape index (κ1) is 20.6. The van der Waals surface area contributed by atoms with Crippen molar-refractivity contribution < 1.29 is 8.42 Å². The number of benzene rings is 3. The third-order valence-corrected chi connectivity index (χ3v) is 8.39. The fraction of sp³-hybridized carbons (Fsp3) is 0.185. The Kier molecular flexibility index (Phi) is 4.94. The summed E-state index contributed by atoms with van der Waals surface area (Å²) < 4.78 is 32.1. The molecule has 162 valence electrons. The smallest absolute Gasteiger partial charge is 0.191 e. The number of aryl methyl sites for hydroxylation is 3. The molecule has 5 aromatic rings. The summed E-state index contributed by atoms with van der Waals surface area (Å²) in [6, 6.07) is 25.3. The molecule has 2 aromatic heterocycles. The van der Waals surface area contributed by atoms with Gasteiger partial charge < -0.3 is 9.13 Å². The van der Waals surface area contributed by atoms with Crippen LogP contribution in [0.2, 0.25) is 0 Å². The number of para-hydroxylation sites is 1. The minimum Gasteiger partial charge on any atom is -0.353 e. The summed E-state index contributed by atoms with van der Waals surface area (Å²) in [4.78, 5) is 0.338. The summed E-state index contributed by atoms with van der Waals surface area (Å²) in [5.74, 6) is 0. The molecule has 0 amide bonds. The number of hydrogen-bond acceptors (Lipinski definition) is 2. The van der Waals surface area contributed by atoms with Crippen molar-refractivity contribution in [1.29, 1.82) is 0 Å². The topological polar surface area (TPSA) is 44.0 Å². The highest BCUT2D eigenvalue weighted by molar-refractivity contribution is 7.91. The predicted octanol–water partition coefficient (Wildman–Crippen LogP) is 6.02. The molecule has 0 radical (unpaired) electrons. The summed E-state index contributed by atoms with van der Waals surface area (Å²) in [5, 5.41) is 1.43. The van der Waals surface area contributed by atoms with E-state index in [4.69, 9.17) is 0 Å². The van der Waals surface area contributed by atoms with Gasteiger partial charge in [0.2, 0.25) is 0 Å². The second-order valence-corrected chi connectivity index (χ2v) is 10.4. The molecule has 2 heterocycles. The Morgan fingerprint density at radius 2 is 1.56 bits per heavy atom. The molecule has 0 aliphatic carbocycles. The zero-order chi connectivity index (χ0) is 22.5. The third-order valence-electron chi connectivity index (χ3n) is 6.33. The number of aromatic nitrogens is 2. The average Bonchev–Trinajstić information content (AvgIpc) is 3.34. The van der Waals surface area contributed by atoms with Crippen molar-refractivity contribution in [2.24, 2.45) is 7.05 Å². The van der Waals surface area contributed by atoms with E-state index in [9.17, 15) is 8.42 Å². The second kappa shape index (κ2) is 7.68. The maximum Gasteiger partial charge on any atom is 0.191 e. The number of rotatable bonds is 5. The molecule has 3 aromatic carbocycles. The lowest BCUT2D eigenvalue weighted by Crippen LogP contribution is -2.18. The normalized spacial score (nSPS) is 13.1. The summed E-state index contributed by atoms with van der Waals surface area (Å²) in [6.07, 6.45) is 1.90. The van der Waals surface area contributed by atoms with Gasteiger partial charge in [-0.25, -0.2) is 8.42 Å². The number of hydrogen-bond donors (Lipinski definition) is 0. The first-order valence-electron chi connectivity index (χ1n) is 10.8. The van der Waals surface area contributed by atoms with Crippen LogP contribution in [0.1, 0.15) is 29.0 Å². The monoisotopic (exact) mass is 442 g/mol. The van der Waals surface area contributed by atoms with Gasteiger partial charge in [0.15, 0.2) is 9.84 Å². The highest BCUT2D eigenvalue weighted by atomic mass is 32.2. The predicted molar refractivity (Wildman–Crippen MR) is 131 cm³/mol. The van der Waals surface area contributed by atoms with Gasteiger partial charge in [0.1, 0.15) is 5.25 Å². The van der Waals surface area contributed by atoms with Crippen LogP contribution in [-0.2, 0) is 23.4 Å². The molecule has 32 heavy (non-hydrogen) atoms. The Morgan fingerprint density at radius 3 is 2.25 bits per heavy atom. The van der Waals surface area contributed by atoms with Gasteiger partial charge in [-0.05, 0) is 61.9 Å². The molecule has 0 N–H and O–H groups in total. The summed E-state index contributed by atoms with van der Waals surface area (Å²) in [5.41, 5.74) is 4.85. The first-order chi connectivity index (χ1) is 15.4. The Labute approximate surface area is 188 Å². The molecule has 0 saturated carbocycles. The van der Waals surface area contributed by atoms with Crippen molar-refractivity contribution in [1.82, 2.24) is 9.13 Å². The summed E-state index contributed by atoms with van der Waals surface area (Å²) in [7, 11) is -1.77. The van der Waals surface area contributed by atoms with Crippen LogP contribution in [0, 0.1) is 6.92 Å². The Balaban J connectivity index is 1.78. The van der Waals surface area contributed by atoms with Gasteiger partial charge in [-0.3, -0.25) is 0 Å². The van der Waals surface area contributed by atoms with E-state index in [1.54, 1.807) is 12.1 Å². The molecule has 5 heteroatoms. The van der Waals surface area contributed by atoms with Crippen LogP contribution in [0.3, 0.4) is 0 Å². The SMILES string of the molecule is CCn1c2ccccc2c2cc(C(c3cccn3C)S(=O)(=O)c3ccc(C)cc3)ccc21. The number of nitrogens with zero attached hydrogens (tertiary/aromatic N) is 2. The van der Waals surface area contributed by atoms with E-state index in [0.29, 0.717) is 4.90 Å². The fourth-order valence-corrected chi connectivity index (χ4v) is 6.55. The zero-order valence-corrected chi connectivity index (χ0v) is 19.3. The summed E-state index contributed by atoms with van der Waals surface area (Å²) in [6.45, 7) is 4.95. The second-order valence-electron chi connectivity index (χ2n) is 8.32. The fourth-order valence-electron chi connectivity index (χ4n) is 4.69. The van der Waals surface area contributed by atoms with E-state index >= 15 is 0 Å². The quantitative estimate of drug-likeness (QED) is 0.334. The maximum atomic E-state index is 13.9. The van der Waals surface area contributed by atoms with Crippen molar-refractivity contribution in [3.63, 3.8) is 0 Å². The van der Waals surface area contributed by atoms with Gasteiger partial charge in [0, 0.05) is 47.3 Å². The minimum atomic E-state index is -3.66. The standard InChI is InChI=1S/C27H26N2O2S/c1-4-29-24-9-6-5-8-22(24)23-18-20(13-16-25(23)29)27(26-10-7-17-28(26)3)32(30,31)21-14-11-19(2)12-15-21/h5-18,27H,4H2,1-3H3. The average molecular weight is 443 g/mol. The number of sulfone groups is 1. The van der Waals surface area contributed by atoms with Crippen LogP contribution in [0.25, 0.3) is 21.8 Å². The van der Waals surface area contributed by atoms with Crippen LogP contribution in [-0.4, -0.2) is 17.6 Å². The van der Waals surface area contributed by atoms with Crippen LogP contribution in [0.5, 0.6) is 0 Å².